The molecule has 0 bridgehead atoms. The minimum atomic E-state index is -1.14. The molecule has 3 aliphatic heterocycles. The number of nitro benzene ring substituents is 5. The van der Waals surface area contributed by atoms with Gasteiger partial charge in [-0.05, 0) is 87.8 Å². The van der Waals surface area contributed by atoms with E-state index in [1.165, 1.54) is 32.1 Å². The van der Waals surface area contributed by atoms with Gasteiger partial charge in [-0.25, -0.2) is 56.1 Å². The minimum Gasteiger partial charge on any atom is -0.344 e. The van der Waals surface area contributed by atoms with E-state index in [4.69, 9.17) is 47.8 Å². The molecule has 0 aromatic heterocycles. The van der Waals surface area contributed by atoms with Gasteiger partial charge in [-0.15, -0.1) is 0 Å². The van der Waals surface area contributed by atoms with Crippen LogP contribution in [0.5, 0.6) is 0 Å². The van der Waals surface area contributed by atoms with Crippen LogP contribution in [0, 0.1) is 202 Å². The fraction of sp³-hybridized carbons (Fsp3) is 0.750. The van der Waals surface area contributed by atoms with Crippen molar-refractivity contribution >= 4 is 28.4 Å². The molecule has 0 unspecified atom stereocenters. The molecule has 0 spiro atoms. The Morgan fingerprint density at radius 1 is 0.361 bits per heavy atom. The Bertz CT molecular complexity index is 3560. The third-order valence-electron chi connectivity index (χ3n) is 14.3. The van der Waals surface area contributed by atoms with Gasteiger partial charge in [0.25, 0.3) is 28.4 Å². The van der Waals surface area contributed by atoms with Gasteiger partial charge in [0.15, 0.2) is 20.1 Å². The van der Waals surface area contributed by atoms with E-state index in [1.807, 2.05) is 0 Å². The number of aryl methyl sites for hydroxylation is 1. The Hall–Kier alpha value is -14.6. The Morgan fingerprint density at radius 2 is 0.571 bits per heavy atom. The number of benzene rings is 2. The average molecular weight is 1750 g/mol. The van der Waals surface area contributed by atoms with Crippen molar-refractivity contribution in [3.63, 3.8) is 0 Å². The molecule has 119 heavy (non-hydrogen) atoms. The maximum Gasteiger partial charge on any atom is 0.361 e. The standard InChI is InChI=1S/C9H16N4O8.C9H18O6.C7H5N3O6.C7H13N3O6.C7H6N2O4.C4H10N8O8.C3H7N6O6.2CH4.H3N/c14-10(15)5-1-9(2-6-11(16)17,3-7-12(18)19)4-8-13(20)21;1-7(2)10-12-8(3,4)14-15-9(5,6)13-11-7;1-4-6(9(13)14)2-5(8(11)12)3-7(4)10(15)16;11-8(12)4-1-7(2-5-9(13)14)3-6-10(15)16;1-5-2-3-6(8(10)11)4-7(5)9(12)13;13-9(14)5-1-6(10(15)16)3-8(12(19)20)4-7(2-5)11(17)18;10-7(11)4-1-5(8(12)13)3-6(2-4)9(14)15;;;/h1-8H2;1-6H3;2-3H,1H3;7H,1-6H2;2-4H,1H3;1-4H2,(H,13,14)(H,15,16);1-3H2,(H,10,11);2*1H4;1H3/q;;;;;+2;+1;;;/i/hT2. The summed E-state index contributed by atoms with van der Waals surface area (Å²) in [6.07, 6.45) is 1.06. The maximum atomic E-state index is 10.8. The van der Waals surface area contributed by atoms with Gasteiger partial charge in [-0.2, -0.15) is 29.3 Å². The highest BCUT2D eigenvalue weighted by atomic mass is 17.4. The molecule has 0 radical (unpaired) electrons. The molecule has 0 atom stereocenters. The topological polar surface area (TPSA) is 924 Å². The molecular formula is C48H86N27O44+3. The SMILES string of the molecule is C.C.CC1(C)OOC(C)(C)OOC(C)(C)OO1.Cc1c([N+](=O)[O-])cc([N+](=O)[O-])cc1[N+](=O)[O-].Cc1ccc([N+](=O)[O-])cc1[N+](=O)[O-].O=[N+]([O-])CCC(CC[N+](=O)[O-])(CC[N+](=O)[O-])CC[N+](=O)[O-].O=[N+]([O-])CCC(CC[N+](=O)[O-])CC[N+](=O)[O-].O=[N+]([O-])N1CN([N+](=O)[O-])CN([N+](=O)O)C1.O=[N+]([O-])N1CN([N+](=O)[O-])CN([N+](=O)O)CN([N+](=O)O)C1.[3H]N[3H]. The van der Waals surface area contributed by atoms with Crippen LogP contribution in [0.15, 0.2) is 30.3 Å². The van der Waals surface area contributed by atoms with Crippen LogP contribution in [0.1, 0.15) is 112 Å². The number of nitrogens with zero attached hydrogens (tertiary/aromatic N) is 26. The minimum absolute atomic E-state index is 0. The van der Waals surface area contributed by atoms with Crippen LogP contribution in [0.3, 0.4) is 0 Å². The van der Waals surface area contributed by atoms with E-state index in [2.05, 4.69) is 0 Å². The van der Waals surface area contributed by atoms with Gasteiger partial charge < -0.3 is 6.14 Å². The van der Waals surface area contributed by atoms with Crippen LogP contribution in [-0.4, -0.2) is 255 Å². The third-order valence-corrected chi connectivity index (χ3v) is 14.3. The molecule has 2 aromatic carbocycles. The van der Waals surface area contributed by atoms with E-state index in [0.717, 1.165) is 6.07 Å². The van der Waals surface area contributed by atoms with Gasteiger partial charge >= 0.3 is 15.1 Å². The molecule has 5 rings (SSSR count). The smallest absolute Gasteiger partial charge is 0.344 e. The van der Waals surface area contributed by atoms with Crippen molar-refractivity contribution in [3.8, 4) is 0 Å². The van der Waals surface area contributed by atoms with Crippen molar-refractivity contribution in [2.75, 3.05) is 92.5 Å². The van der Waals surface area contributed by atoms with Crippen molar-refractivity contribution in [2.24, 2.45) is 11.3 Å². The zero-order valence-corrected chi connectivity index (χ0v) is 62.0. The van der Waals surface area contributed by atoms with E-state index >= 15 is 0 Å². The molecule has 0 saturated carbocycles. The van der Waals surface area contributed by atoms with Crippen LogP contribution in [0.2, 0.25) is 2.82 Å². The Morgan fingerprint density at radius 3 is 0.765 bits per heavy atom. The third kappa shape index (κ3) is 47.0. The normalized spacial score (nSPS) is 14.5. The van der Waals surface area contributed by atoms with Crippen LogP contribution >= 0.6 is 0 Å². The summed E-state index contributed by atoms with van der Waals surface area (Å²) >= 11 is 0. The molecular weight excluding hydrogens is 1660 g/mol. The Labute approximate surface area is 665 Å². The largest absolute Gasteiger partial charge is 0.361 e. The molecule has 3 saturated heterocycles. The van der Waals surface area contributed by atoms with E-state index < -0.39 is 207 Å². The van der Waals surface area contributed by atoms with Crippen LogP contribution in [0.25, 0.3) is 0 Å². The summed E-state index contributed by atoms with van der Waals surface area (Å²) in [5.41, 5.74) is -3.38. The first kappa shape index (κ1) is 109. The summed E-state index contributed by atoms with van der Waals surface area (Å²) < 4.78 is 11.2. The highest BCUT2D eigenvalue weighted by Gasteiger charge is 2.45. The second kappa shape index (κ2) is 52.7. The number of nitro groups is 16. The molecule has 0 amide bonds. The molecule has 3 aliphatic rings. The van der Waals surface area contributed by atoms with E-state index in [-0.39, 0.29) is 112 Å². The van der Waals surface area contributed by atoms with E-state index in [1.54, 1.807) is 41.5 Å². The number of hydrogen-bond donors (Lipinski definition) is 4. The maximum absolute atomic E-state index is 10.8. The van der Waals surface area contributed by atoms with E-state index in [9.17, 15) is 177 Å². The molecule has 3 fully saturated rings. The van der Waals surface area contributed by atoms with Crippen molar-refractivity contribution in [2.45, 2.75) is 133 Å². The molecule has 71 heteroatoms. The monoisotopic (exact) mass is 1750 g/mol. The fourth-order valence-electron chi connectivity index (χ4n) is 8.44. The van der Waals surface area contributed by atoms with Gasteiger partial charge in [0.2, 0.25) is 110 Å². The van der Waals surface area contributed by atoms with Gasteiger partial charge in [-0.1, -0.05) is 34.9 Å². The summed E-state index contributed by atoms with van der Waals surface area (Å²) in [4.78, 5) is 220. The lowest BCUT2D eigenvalue weighted by Gasteiger charge is -2.28. The van der Waals surface area contributed by atoms with Gasteiger partial charge in [-0.3, -0.25) is 121 Å². The number of hydrogen-bond acceptors (Lipinski definition) is 42. The molecule has 2 aromatic rings. The number of hydrazine groups is 7. The first-order valence-corrected chi connectivity index (χ1v) is 31.4. The lowest BCUT2D eigenvalue weighted by molar-refractivity contribution is -0.948. The molecule has 6 N–H and O–H groups in total. The van der Waals surface area contributed by atoms with Crippen LogP contribution in [0.4, 0.5) is 28.4 Å². The van der Waals surface area contributed by atoms with Gasteiger partial charge in [0.05, 0.1) is 42.8 Å². The predicted molar refractivity (Wildman–Crippen MR) is 375 cm³/mol. The Balaban J connectivity index is -0.000000431. The van der Waals surface area contributed by atoms with Crippen molar-refractivity contribution in [1.82, 2.24) is 41.2 Å². The Kier molecular flexibility index (Phi) is 48.1. The van der Waals surface area contributed by atoms with E-state index in [0.29, 0.717) is 42.7 Å². The highest BCUT2D eigenvalue weighted by Crippen LogP contribution is 2.36. The summed E-state index contributed by atoms with van der Waals surface area (Å²) in [7, 11) is 0. The van der Waals surface area contributed by atoms with Crippen molar-refractivity contribution < 1.29 is 142 Å². The molecule has 0 aliphatic carbocycles. The van der Waals surface area contributed by atoms with Crippen molar-refractivity contribution in [1.29, 1.82) is 0 Å². The summed E-state index contributed by atoms with van der Waals surface area (Å²) in [5.74, 6) is -3.48. The van der Waals surface area contributed by atoms with Crippen LogP contribution in [-0.2, 0) is 29.3 Å². The lowest BCUT2D eigenvalue weighted by atomic mass is 9.75. The first-order chi connectivity index (χ1) is 54.6. The van der Waals surface area contributed by atoms with Crippen molar-refractivity contribution in [3.05, 3.63) is 218 Å². The van der Waals surface area contributed by atoms with Gasteiger partial charge in [0.1, 0.15) is 23.1 Å². The van der Waals surface area contributed by atoms with Crippen LogP contribution < -0.4 is 6.14 Å². The lowest BCUT2D eigenvalue weighted by Crippen LogP contribution is -2.59. The second-order valence-electron chi connectivity index (χ2n) is 24.4. The molecule has 71 nitrogen and oxygen atoms in total. The summed E-state index contributed by atoms with van der Waals surface area (Å²) in [6, 6.07) is 4.94. The zero-order valence-electron chi connectivity index (χ0n) is 64.0. The fourth-order valence-corrected chi connectivity index (χ4v) is 8.44. The number of rotatable bonds is 33. The quantitative estimate of drug-likeness (QED) is 0.0444. The molecule has 3 heterocycles. The van der Waals surface area contributed by atoms with Gasteiger partial charge in [0, 0.05) is 91.0 Å². The summed E-state index contributed by atoms with van der Waals surface area (Å²) in [5, 5.41) is 189. The summed E-state index contributed by atoms with van der Waals surface area (Å²) in [6.45, 7) is 4.44. The zero-order chi connectivity index (χ0) is 93.0. The number of non-ortho nitro benzene ring substituents is 2. The molecule has 674 valence electrons. The average Bonchev–Trinajstić information content (AvgIpc) is 1.31. The second-order valence-corrected chi connectivity index (χ2v) is 24.4. The predicted octanol–water partition coefficient (Wildman–Crippen LogP) is 4.09. The highest BCUT2D eigenvalue weighted by molar-refractivity contribution is 5.60. The first-order valence-electron chi connectivity index (χ1n) is 32.4.